The first kappa shape index (κ1) is 27.8. The summed E-state index contributed by atoms with van der Waals surface area (Å²) in [5.41, 5.74) is 4.78. The second-order valence-electron chi connectivity index (χ2n) is 10.2. The van der Waals surface area contributed by atoms with E-state index in [9.17, 15) is 4.79 Å². The number of fused-ring (bicyclic) bond motifs is 5. The van der Waals surface area contributed by atoms with E-state index < -0.39 is 0 Å². The SMILES string of the molecule is CNC(=O)c1ccc2c(c1)OC(c1ccc(OCCN3CCCCC3)cc1)c1c-2ccc2cc(OC)ccc12.Cl. The van der Waals surface area contributed by atoms with Crippen molar-refractivity contribution in [2.75, 3.05) is 40.4 Å². The molecule has 1 atom stereocenters. The quantitative estimate of drug-likeness (QED) is 0.275. The minimum absolute atomic E-state index is 0. The van der Waals surface area contributed by atoms with Crippen molar-refractivity contribution in [3.8, 4) is 28.4 Å². The molecule has 4 aromatic carbocycles. The van der Waals surface area contributed by atoms with Gasteiger partial charge in [-0.3, -0.25) is 9.69 Å². The molecule has 0 saturated carbocycles. The number of halogens is 1. The number of rotatable bonds is 7. The topological polar surface area (TPSA) is 60.0 Å². The zero-order valence-corrected chi connectivity index (χ0v) is 23.8. The molecule has 208 valence electrons. The summed E-state index contributed by atoms with van der Waals surface area (Å²) < 4.78 is 18.3. The predicted molar refractivity (Wildman–Crippen MR) is 161 cm³/mol. The van der Waals surface area contributed by atoms with E-state index in [-0.39, 0.29) is 24.4 Å². The molecule has 1 unspecified atom stereocenters. The number of nitrogens with zero attached hydrogens (tertiary/aromatic N) is 1. The van der Waals surface area contributed by atoms with Gasteiger partial charge in [0.15, 0.2) is 6.10 Å². The van der Waals surface area contributed by atoms with Gasteiger partial charge >= 0.3 is 0 Å². The highest BCUT2D eigenvalue weighted by Gasteiger charge is 2.30. The highest BCUT2D eigenvalue weighted by molar-refractivity contribution is 5.98. The number of carbonyl (C=O) groups excluding carboxylic acids is 1. The Labute approximate surface area is 241 Å². The lowest BCUT2D eigenvalue weighted by Gasteiger charge is -2.31. The molecule has 2 aliphatic rings. The van der Waals surface area contributed by atoms with Gasteiger partial charge in [0.05, 0.1) is 7.11 Å². The molecule has 0 bridgehead atoms. The van der Waals surface area contributed by atoms with Crippen molar-refractivity contribution in [1.82, 2.24) is 10.2 Å². The Morgan fingerprint density at radius 2 is 1.68 bits per heavy atom. The summed E-state index contributed by atoms with van der Waals surface area (Å²) in [6.07, 6.45) is 3.57. The molecule has 2 heterocycles. The first-order chi connectivity index (χ1) is 19.1. The summed E-state index contributed by atoms with van der Waals surface area (Å²) in [6.45, 7) is 3.98. The number of likely N-dealkylation sites (tertiary alicyclic amines) is 1. The third kappa shape index (κ3) is 5.47. The van der Waals surface area contributed by atoms with E-state index in [4.69, 9.17) is 14.2 Å². The Hall–Kier alpha value is -3.74. The Morgan fingerprint density at radius 1 is 0.925 bits per heavy atom. The van der Waals surface area contributed by atoms with Gasteiger partial charge in [0.25, 0.3) is 5.91 Å². The Bertz CT molecular complexity index is 1500. The van der Waals surface area contributed by atoms with E-state index in [1.807, 2.05) is 36.4 Å². The van der Waals surface area contributed by atoms with Crippen LogP contribution in [0.4, 0.5) is 0 Å². The molecule has 1 fully saturated rings. The monoisotopic (exact) mass is 558 g/mol. The van der Waals surface area contributed by atoms with Crippen LogP contribution < -0.4 is 19.5 Å². The second kappa shape index (κ2) is 12.2. The van der Waals surface area contributed by atoms with E-state index >= 15 is 0 Å². The smallest absolute Gasteiger partial charge is 0.251 e. The summed E-state index contributed by atoms with van der Waals surface area (Å²) in [7, 11) is 3.32. The number of ether oxygens (including phenoxy) is 3. The van der Waals surface area contributed by atoms with Crippen LogP contribution in [0, 0.1) is 0 Å². The minimum atomic E-state index is -0.341. The molecule has 1 saturated heterocycles. The molecule has 0 radical (unpaired) electrons. The molecule has 40 heavy (non-hydrogen) atoms. The van der Waals surface area contributed by atoms with E-state index in [1.165, 1.54) is 32.4 Å². The molecule has 1 amide bonds. The molecule has 6 nitrogen and oxygen atoms in total. The molecule has 1 N–H and O–H groups in total. The highest BCUT2D eigenvalue weighted by atomic mass is 35.5. The van der Waals surface area contributed by atoms with Crippen LogP contribution in [-0.4, -0.2) is 51.2 Å². The van der Waals surface area contributed by atoms with Crippen LogP contribution in [0.25, 0.3) is 21.9 Å². The van der Waals surface area contributed by atoms with Crippen LogP contribution in [-0.2, 0) is 0 Å². The van der Waals surface area contributed by atoms with Crippen molar-refractivity contribution >= 4 is 29.1 Å². The number of carbonyl (C=O) groups is 1. The third-order valence-electron chi connectivity index (χ3n) is 7.84. The Morgan fingerprint density at radius 3 is 2.42 bits per heavy atom. The molecular weight excluding hydrogens is 524 g/mol. The maximum atomic E-state index is 12.4. The Kier molecular flexibility index (Phi) is 8.48. The van der Waals surface area contributed by atoms with Crippen LogP contribution >= 0.6 is 12.4 Å². The number of benzene rings is 4. The van der Waals surface area contributed by atoms with Gasteiger partial charge in [-0.25, -0.2) is 0 Å². The standard InChI is InChI=1S/C33H34N2O4.ClH/c1-34-33(36)24-9-13-28-29-14-8-23-20-26(37-2)12-15-27(23)31(29)32(39-30(28)21-24)22-6-10-25(11-7-22)38-19-18-35-16-4-3-5-17-35;/h6-15,20-21,32H,3-5,16-19H2,1-2H3,(H,34,36);1H. The van der Waals surface area contributed by atoms with Gasteiger partial charge in [0.1, 0.15) is 23.9 Å². The third-order valence-corrected chi connectivity index (χ3v) is 7.84. The van der Waals surface area contributed by atoms with Gasteiger partial charge < -0.3 is 19.5 Å². The summed E-state index contributed by atoms with van der Waals surface area (Å²) in [5.74, 6) is 2.23. The maximum Gasteiger partial charge on any atom is 0.251 e. The largest absolute Gasteiger partial charge is 0.497 e. The molecule has 7 heteroatoms. The maximum absolute atomic E-state index is 12.4. The molecule has 0 spiro atoms. The molecule has 0 aliphatic carbocycles. The van der Waals surface area contributed by atoms with Crippen molar-refractivity contribution in [3.05, 3.63) is 89.5 Å². The average molecular weight is 559 g/mol. The van der Waals surface area contributed by atoms with Gasteiger partial charge in [-0.1, -0.05) is 36.8 Å². The van der Waals surface area contributed by atoms with Crippen LogP contribution in [0.3, 0.4) is 0 Å². The lowest BCUT2D eigenvalue weighted by atomic mass is 9.85. The number of nitrogens with one attached hydrogen (secondary N) is 1. The van der Waals surface area contributed by atoms with E-state index in [0.717, 1.165) is 51.1 Å². The predicted octanol–water partition coefficient (Wildman–Crippen LogP) is 6.64. The first-order valence-corrected chi connectivity index (χ1v) is 13.7. The first-order valence-electron chi connectivity index (χ1n) is 13.7. The molecule has 6 rings (SSSR count). The van der Waals surface area contributed by atoms with Crippen molar-refractivity contribution in [3.63, 3.8) is 0 Å². The minimum Gasteiger partial charge on any atom is -0.497 e. The average Bonchev–Trinajstić information content (AvgIpc) is 3.00. The van der Waals surface area contributed by atoms with Crippen molar-refractivity contribution in [2.45, 2.75) is 25.4 Å². The highest BCUT2D eigenvalue weighted by Crippen LogP contribution is 2.48. The fourth-order valence-electron chi connectivity index (χ4n) is 5.74. The normalized spacial score (nSPS) is 16.2. The van der Waals surface area contributed by atoms with Crippen LogP contribution in [0.5, 0.6) is 17.2 Å². The van der Waals surface area contributed by atoms with Gasteiger partial charge in [0.2, 0.25) is 0 Å². The Balaban J connectivity index is 0.00000323. The van der Waals surface area contributed by atoms with Crippen LogP contribution in [0.15, 0.2) is 72.8 Å². The summed E-state index contributed by atoms with van der Waals surface area (Å²) >= 11 is 0. The molecular formula is C33H35ClN2O4. The van der Waals surface area contributed by atoms with Gasteiger partial charge in [-0.05, 0) is 90.3 Å². The summed E-state index contributed by atoms with van der Waals surface area (Å²) in [6, 6.07) is 24.3. The van der Waals surface area contributed by atoms with Crippen LogP contribution in [0.1, 0.15) is 46.9 Å². The van der Waals surface area contributed by atoms with Crippen molar-refractivity contribution < 1.29 is 19.0 Å². The number of amides is 1. The zero-order valence-electron chi connectivity index (χ0n) is 22.9. The fourth-order valence-corrected chi connectivity index (χ4v) is 5.74. The summed E-state index contributed by atoms with van der Waals surface area (Å²) in [5, 5.41) is 4.91. The lowest BCUT2D eigenvalue weighted by Crippen LogP contribution is -2.33. The zero-order chi connectivity index (χ0) is 26.8. The summed E-state index contributed by atoms with van der Waals surface area (Å²) in [4.78, 5) is 14.8. The van der Waals surface area contributed by atoms with Crippen LogP contribution in [0.2, 0.25) is 0 Å². The fraction of sp³-hybridized carbons (Fsp3) is 0.303. The van der Waals surface area contributed by atoms with Crippen molar-refractivity contribution in [2.24, 2.45) is 0 Å². The molecule has 4 aromatic rings. The van der Waals surface area contributed by atoms with E-state index in [1.54, 1.807) is 14.2 Å². The molecule has 0 aromatic heterocycles. The number of methoxy groups -OCH3 is 1. The van der Waals surface area contributed by atoms with Gasteiger partial charge in [-0.15, -0.1) is 12.4 Å². The van der Waals surface area contributed by atoms with Crippen molar-refractivity contribution in [1.29, 1.82) is 0 Å². The molecule has 2 aliphatic heterocycles. The van der Waals surface area contributed by atoms with E-state index in [2.05, 4.69) is 46.6 Å². The number of hydrogen-bond acceptors (Lipinski definition) is 5. The van der Waals surface area contributed by atoms with Gasteiger partial charge in [0, 0.05) is 30.3 Å². The van der Waals surface area contributed by atoms with E-state index in [0.29, 0.717) is 17.9 Å². The van der Waals surface area contributed by atoms with Gasteiger partial charge in [-0.2, -0.15) is 0 Å². The lowest BCUT2D eigenvalue weighted by molar-refractivity contribution is 0.0962. The number of hydrogen-bond donors (Lipinski definition) is 1. The second-order valence-corrected chi connectivity index (χ2v) is 10.2. The number of piperidine rings is 1.